The summed E-state index contributed by atoms with van der Waals surface area (Å²) < 4.78 is 5.68. The molecule has 1 aliphatic carbocycles. The zero-order chi connectivity index (χ0) is 16.5. The SMILES string of the molecule is COc1cc(CCC2CCCC2)cc2[nH]c(=O)c3c(c12)NCCC3. The Morgan fingerprint density at radius 1 is 1.21 bits per heavy atom. The van der Waals surface area contributed by atoms with Crippen LogP contribution >= 0.6 is 0 Å². The largest absolute Gasteiger partial charge is 0.496 e. The van der Waals surface area contributed by atoms with Crippen LogP contribution in [0, 0.1) is 5.92 Å². The second-order valence-corrected chi connectivity index (χ2v) is 7.25. The number of methoxy groups -OCH3 is 1. The molecule has 4 nitrogen and oxygen atoms in total. The van der Waals surface area contributed by atoms with Crippen molar-refractivity contribution in [2.24, 2.45) is 5.92 Å². The normalized spacial score (nSPS) is 17.7. The number of rotatable bonds is 4. The molecule has 2 N–H and O–H groups in total. The van der Waals surface area contributed by atoms with E-state index in [4.69, 9.17) is 4.74 Å². The van der Waals surface area contributed by atoms with Crippen LogP contribution in [0.2, 0.25) is 0 Å². The standard InChI is InChI=1S/C20H26N2O2/c1-24-17-12-14(9-8-13-5-2-3-6-13)11-16-18(17)19-15(20(23)22-16)7-4-10-21-19/h11-13,21H,2-10H2,1H3,(H,22,23). The van der Waals surface area contributed by atoms with E-state index in [1.807, 2.05) is 0 Å². The Balaban J connectivity index is 1.74. The molecule has 4 heteroatoms. The van der Waals surface area contributed by atoms with Gasteiger partial charge in [0.05, 0.1) is 23.7 Å². The first-order valence-corrected chi connectivity index (χ1v) is 9.26. The predicted molar refractivity (Wildman–Crippen MR) is 98.2 cm³/mol. The number of benzene rings is 1. The first kappa shape index (κ1) is 15.6. The second-order valence-electron chi connectivity index (χ2n) is 7.25. The lowest BCUT2D eigenvalue weighted by molar-refractivity contribution is 0.419. The van der Waals surface area contributed by atoms with Crippen molar-refractivity contribution in [2.75, 3.05) is 19.0 Å². The van der Waals surface area contributed by atoms with E-state index in [-0.39, 0.29) is 5.56 Å². The van der Waals surface area contributed by atoms with Crippen molar-refractivity contribution < 1.29 is 4.74 Å². The molecule has 24 heavy (non-hydrogen) atoms. The molecule has 4 rings (SSSR count). The second kappa shape index (κ2) is 6.50. The fourth-order valence-corrected chi connectivity index (χ4v) is 4.38. The minimum atomic E-state index is 0.0414. The Kier molecular flexibility index (Phi) is 4.21. The summed E-state index contributed by atoms with van der Waals surface area (Å²) >= 11 is 0. The first-order chi connectivity index (χ1) is 11.8. The van der Waals surface area contributed by atoms with Crippen molar-refractivity contribution in [1.82, 2.24) is 4.98 Å². The topological polar surface area (TPSA) is 54.1 Å². The molecular formula is C20H26N2O2. The average Bonchev–Trinajstić information content (AvgIpc) is 3.13. The Labute approximate surface area is 142 Å². The number of pyridine rings is 1. The summed E-state index contributed by atoms with van der Waals surface area (Å²) in [5.41, 5.74) is 4.04. The number of fused-ring (bicyclic) bond motifs is 3. The van der Waals surface area contributed by atoms with Crippen molar-refractivity contribution >= 4 is 16.6 Å². The van der Waals surface area contributed by atoms with Gasteiger partial charge in [0, 0.05) is 12.1 Å². The quantitative estimate of drug-likeness (QED) is 0.892. The zero-order valence-corrected chi connectivity index (χ0v) is 14.4. The van der Waals surface area contributed by atoms with E-state index in [0.717, 1.165) is 59.6 Å². The fourth-order valence-electron chi connectivity index (χ4n) is 4.38. The number of aromatic amines is 1. The van der Waals surface area contributed by atoms with Crippen LogP contribution in [0.3, 0.4) is 0 Å². The van der Waals surface area contributed by atoms with Gasteiger partial charge in [-0.25, -0.2) is 0 Å². The number of anilines is 1. The van der Waals surface area contributed by atoms with Gasteiger partial charge in [-0.3, -0.25) is 4.79 Å². The molecule has 128 valence electrons. The van der Waals surface area contributed by atoms with Crippen molar-refractivity contribution in [2.45, 2.75) is 51.4 Å². The molecule has 1 aromatic heterocycles. The third kappa shape index (κ3) is 2.79. The van der Waals surface area contributed by atoms with E-state index in [9.17, 15) is 4.79 Å². The van der Waals surface area contributed by atoms with Crippen LogP contribution in [0.25, 0.3) is 10.9 Å². The van der Waals surface area contributed by atoms with E-state index < -0.39 is 0 Å². The number of hydrogen-bond donors (Lipinski definition) is 2. The Morgan fingerprint density at radius 3 is 2.83 bits per heavy atom. The minimum Gasteiger partial charge on any atom is -0.496 e. The predicted octanol–water partition coefficient (Wildman–Crippen LogP) is 4.02. The molecule has 0 spiro atoms. The summed E-state index contributed by atoms with van der Waals surface area (Å²) in [7, 11) is 1.72. The van der Waals surface area contributed by atoms with Crippen molar-refractivity contribution in [1.29, 1.82) is 0 Å². The van der Waals surface area contributed by atoms with Gasteiger partial charge in [0.2, 0.25) is 0 Å². The van der Waals surface area contributed by atoms with E-state index in [0.29, 0.717) is 0 Å². The third-order valence-corrected chi connectivity index (χ3v) is 5.68. The van der Waals surface area contributed by atoms with Gasteiger partial charge in [-0.05, 0) is 49.3 Å². The summed E-state index contributed by atoms with van der Waals surface area (Å²) in [5.74, 6) is 1.74. The average molecular weight is 326 g/mol. The zero-order valence-electron chi connectivity index (χ0n) is 14.4. The number of ether oxygens (including phenoxy) is 1. The highest BCUT2D eigenvalue weighted by Gasteiger charge is 2.20. The summed E-state index contributed by atoms with van der Waals surface area (Å²) in [6, 6.07) is 4.30. The molecular weight excluding hydrogens is 300 g/mol. The lowest BCUT2D eigenvalue weighted by Gasteiger charge is -2.21. The van der Waals surface area contributed by atoms with Gasteiger partial charge < -0.3 is 15.0 Å². The number of aromatic nitrogens is 1. The highest BCUT2D eigenvalue weighted by atomic mass is 16.5. The summed E-state index contributed by atoms with van der Waals surface area (Å²) in [4.78, 5) is 15.5. The first-order valence-electron chi connectivity index (χ1n) is 9.26. The lowest BCUT2D eigenvalue weighted by atomic mass is 9.95. The van der Waals surface area contributed by atoms with Crippen LogP contribution in [0.1, 0.15) is 49.7 Å². The highest BCUT2D eigenvalue weighted by molar-refractivity contribution is 5.98. The third-order valence-electron chi connectivity index (χ3n) is 5.68. The molecule has 2 heterocycles. The van der Waals surface area contributed by atoms with E-state index in [2.05, 4.69) is 22.4 Å². The van der Waals surface area contributed by atoms with Crippen LogP contribution < -0.4 is 15.6 Å². The molecule has 0 bridgehead atoms. The molecule has 1 aliphatic heterocycles. The van der Waals surface area contributed by atoms with Crippen LogP contribution in [0.15, 0.2) is 16.9 Å². The molecule has 0 amide bonds. The molecule has 0 saturated heterocycles. The van der Waals surface area contributed by atoms with Gasteiger partial charge >= 0.3 is 0 Å². The molecule has 0 atom stereocenters. The Hall–Kier alpha value is -1.97. The van der Waals surface area contributed by atoms with Gasteiger partial charge in [-0.1, -0.05) is 25.7 Å². The molecule has 2 aliphatic rings. The summed E-state index contributed by atoms with van der Waals surface area (Å²) in [5, 5.41) is 4.44. The Bertz CT molecular complexity index is 803. The van der Waals surface area contributed by atoms with Gasteiger partial charge in [0.15, 0.2) is 0 Å². The van der Waals surface area contributed by atoms with Crippen molar-refractivity contribution in [3.05, 3.63) is 33.6 Å². The molecule has 1 fully saturated rings. The van der Waals surface area contributed by atoms with E-state index in [1.165, 1.54) is 37.7 Å². The van der Waals surface area contributed by atoms with Crippen LogP contribution in [0.4, 0.5) is 5.69 Å². The van der Waals surface area contributed by atoms with Gasteiger partial charge in [0.1, 0.15) is 5.75 Å². The van der Waals surface area contributed by atoms with Gasteiger partial charge in [-0.2, -0.15) is 0 Å². The Morgan fingerprint density at radius 2 is 2.04 bits per heavy atom. The van der Waals surface area contributed by atoms with E-state index in [1.54, 1.807) is 7.11 Å². The van der Waals surface area contributed by atoms with Gasteiger partial charge in [-0.15, -0.1) is 0 Å². The van der Waals surface area contributed by atoms with Crippen LogP contribution in [-0.4, -0.2) is 18.6 Å². The maximum absolute atomic E-state index is 12.4. The summed E-state index contributed by atoms with van der Waals surface area (Å²) in [6.45, 7) is 0.915. The van der Waals surface area contributed by atoms with Crippen molar-refractivity contribution in [3.63, 3.8) is 0 Å². The minimum absolute atomic E-state index is 0.0414. The number of aryl methyl sites for hydroxylation is 1. The number of nitrogens with one attached hydrogen (secondary N) is 2. The smallest absolute Gasteiger partial charge is 0.253 e. The molecule has 0 radical (unpaired) electrons. The maximum Gasteiger partial charge on any atom is 0.253 e. The van der Waals surface area contributed by atoms with E-state index >= 15 is 0 Å². The number of hydrogen-bond acceptors (Lipinski definition) is 3. The highest BCUT2D eigenvalue weighted by Crippen LogP contribution is 2.36. The molecule has 1 aromatic carbocycles. The summed E-state index contributed by atoms with van der Waals surface area (Å²) in [6.07, 6.45) is 9.65. The number of H-pyrrole nitrogens is 1. The molecule has 2 aromatic rings. The molecule has 1 saturated carbocycles. The monoisotopic (exact) mass is 326 g/mol. The maximum atomic E-state index is 12.4. The van der Waals surface area contributed by atoms with Crippen LogP contribution in [0.5, 0.6) is 5.75 Å². The van der Waals surface area contributed by atoms with Gasteiger partial charge in [0.25, 0.3) is 5.56 Å². The molecule has 0 unspecified atom stereocenters. The lowest BCUT2D eigenvalue weighted by Crippen LogP contribution is -2.22. The van der Waals surface area contributed by atoms with Crippen LogP contribution in [-0.2, 0) is 12.8 Å². The fraction of sp³-hybridized carbons (Fsp3) is 0.550. The van der Waals surface area contributed by atoms with Crippen molar-refractivity contribution in [3.8, 4) is 5.75 Å².